The number of phosphoric ester groups is 2. The number of hydrogen-bond acceptors (Lipinski definition) is 15. The van der Waals surface area contributed by atoms with Crippen LogP contribution >= 0.6 is 15.6 Å². The van der Waals surface area contributed by atoms with Crippen molar-refractivity contribution in [1.29, 1.82) is 0 Å². The summed E-state index contributed by atoms with van der Waals surface area (Å²) >= 11 is 0. The smallest absolute Gasteiger partial charge is 0.462 e. The van der Waals surface area contributed by atoms with E-state index in [9.17, 15) is 43.2 Å². The summed E-state index contributed by atoms with van der Waals surface area (Å²) in [5, 5.41) is 10.6. The lowest BCUT2D eigenvalue weighted by molar-refractivity contribution is -0.161. The van der Waals surface area contributed by atoms with Crippen LogP contribution in [-0.4, -0.2) is 96.7 Å². The van der Waals surface area contributed by atoms with Crippen molar-refractivity contribution in [3.05, 3.63) is 0 Å². The molecule has 17 nitrogen and oxygen atoms in total. The lowest BCUT2D eigenvalue weighted by Gasteiger charge is -2.21. The fourth-order valence-electron chi connectivity index (χ4n) is 12.2. The van der Waals surface area contributed by atoms with E-state index in [4.69, 9.17) is 37.0 Å². The minimum absolute atomic E-state index is 0.105. The van der Waals surface area contributed by atoms with Gasteiger partial charge in [0.15, 0.2) is 12.2 Å². The second-order valence-electron chi connectivity index (χ2n) is 30.5. The SMILES string of the molecule is CCC(C)CCCCCCCCCCCCCCCCC(=O)O[C@H](COC(=O)CCCCCCCCCCCCCCCCC(C)C)COP(=O)(O)OCC(O)COP(=O)(O)OC[C@@H](COC(=O)CCCCCCCCCC(C)C)OC(=O)CCCCCCCCCCCCCC(C)C. The van der Waals surface area contributed by atoms with E-state index in [0.29, 0.717) is 31.6 Å². The van der Waals surface area contributed by atoms with Gasteiger partial charge in [-0.1, -0.05) is 357 Å². The van der Waals surface area contributed by atoms with Gasteiger partial charge in [-0.15, -0.1) is 0 Å². The zero-order valence-electron chi connectivity index (χ0n) is 65.1. The third-order valence-electron chi connectivity index (χ3n) is 18.9. The molecular weight excluding hydrogens is 1290 g/mol. The highest BCUT2D eigenvalue weighted by Gasteiger charge is 2.30. The Balaban J connectivity index is 5.25. The van der Waals surface area contributed by atoms with Crippen LogP contribution in [0, 0.1) is 23.7 Å². The normalized spacial score (nSPS) is 14.3. The highest BCUT2D eigenvalue weighted by Crippen LogP contribution is 2.45. The first-order valence-corrected chi connectivity index (χ1v) is 44.2. The number of phosphoric acid groups is 2. The molecule has 4 unspecified atom stereocenters. The minimum Gasteiger partial charge on any atom is -0.462 e. The van der Waals surface area contributed by atoms with Crippen LogP contribution in [0.2, 0.25) is 0 Å². The van der Waals surface area contributed by atoms with E-state index in [-0.39, 0.29) is 25.7 Å². The van der Waals surface area contributed by atoms with E-state index in [1.807, 2.05) is 0 Å². The molecule has 19 heteroatoms. The molecular formula is C80H156O17P2. The number of carbonyl (C=O) groups excluding carboxylic acids is 4. The molecule has 0 aromatic carbocycles. The van der Waals surface area contributed by atoms with Gasteiger partial charge in [0.2, 0.25) is 0 Å². The molecule has 0 rings (SSSR count). The van der Waals surface area contributed by atoms with Gasteiger partial charge in [-0.05, 0) is 49.4 Å². The van der Waals surface area contributed by atoms with Crippen LogP contribution < -0.4 is 0 Å². The second kappa shape index (κ2) is 69.1. The van der Waals surface area contributed by atoms with Crippen molar-refractivity contribution in [2.24, 2.45) is 23.7 Å². The van der Waals surface area contributed by atoms with Crippen LogP contribution in [-0.2, 0) is 65.4 Å². The van der Waals surface area contributed by atoms with E-state index >= 15 is 0 Å². The Bertz CT molecular complexity index is 1940. The molecule has 0 heterocycles. The van der Waals surface area contributed by atoms with Gasteiger partial charge in [0.05, 0.1) is 26.4 Å². The summed E-state index contributed by atoms with van der Waals surface area (Å²) in [6.07, 6.45) is 55.5. The topological polar surface area (TPSA) is 237 Å². The molecule has 0 amide bonds. The Labute approximate surface area is 607 Å². The van der Waals surface area contributed by atoms with Crippen LogP contribution in [0.1, 0.15) is 409 Å². The molecule has 0 saturated heterocycles. The summed E-state index contributed by atoms with van der Waals surface area (Å²) in [6.45, 7) is 14.3. The Morgan fingerprint density at radius 1 is 0.283 bits per heavy atom. The van der Waals surface area contributed by atoms with E-state index < -0.39 is 97.5 Å². The van der Waals surface area contributed by atoms with Crippen molar-refractivity contribution in [3.8, 4) is 0 Å². The van der Waals surface area contributed by atoms with Gasteiger partial charge in [-0.2, -0.15) is 0 Å². The predicted molar refractivity (Wildman–Crippen MR) is 404 cm³/mol. The Morgan fingerprint density at radius 2 is 0.485 bits per heavy atom. The number of esters is 4. The molecule has 0 aromatic rings. The first-order valence-electron chi connectivity index (χ1n) is 41.2. The molecule has 99 heavy (non-hydrogen) atoms. The van der Waals surface area contributed by atoms with Gasteiger partial charge in [0, 0.05) is 25.7 Å². The first kappa shape index (κ1) is 97.1. The third kappa shape index (κ3) is 72.8. The van der Waals surface area contributed by atoms with Crippen LogP contribution in [0.3, 0.4) is 0 Å². The lowest BCUT2D eigenvalue weighted by atomic mass is 9.99. The summed E-state index contributed by atoms with van der Waals surface area (Å²) in [6, 6.07) is 0. The molecule has 588 valence electrons. The second-order valence-corrected chi connectivity index (χ2v) is 33.4. The number of rotatable bonds is 77. The lowest BCUT2D eigenvalue weighted by Crippen LogP contribution is -2.30. The molecule has 0 bridgehead atoms. The van der Waals surface area contributed by atoms with Gasteiger partial charge in [0.25, 0.3) is 0 Å². The van der Waals surface area contributed by atoms with Gasteiger partial charge >= 0.3 is 39.5 Å². The quantitative estimate of drug-likeness (QED) is 0.0222. The molecule has 0 radical (unpaired) electrons. The molecule has 3 N–H and O–H groups in total. The molecule has 0 saturated carbocycles. The minimum atomic E-state index is -4.96. The summed E-state index contributed by atoms with van der Waals surface area (Å²) in [4.78, 5) is 73.0. The average molecular weight is 1450 g/mol. The Morgan fingerprint density at radius 3 is 0.717 bits per heavy atom. The van der Waals surface area contributed by atoms with Crippen molar-refractivity contribution in [2.45, 2.75) is 427 Å². The number of ether oxygens (including phenoxy) is 4. The van der Waals surface area contributed by atoms with Gasteiger partial charge in [-0.3, -0.25) is 37.3 Å². The van der Waals surface area contributed by atoms with E-state index in [2.05, 4.69) is 55.4 Å². The molecule has 6 atom stereocenters. The molecule has 0 aliphatic carbocycles. The standard InChI is InChI=1S/C80H156O17P2/c1-9-73(8)59-51-43-35-27-21-15-11-13-17-23-29-37-46-54-62-79(84)96-75(66-90-77(82)60-52-44-36-28-22-16-12-10-14-19-25-32-40-48-56-70(2)3)68-94-98(86,87)92-64-74(81)65-93-99(88,89)95-69-76(67-91-78(83)61-53-45-39-31-34-42-50-58-72(6)7)97-80(85)63-55-47-38-30-24-18-20-26-33-41-49-57-71(4)5/h70-76,81H,9-69H2,1-8H3,(H,86,87)(H,88,89)/t73?,74?,75-,76-/m1/s1. The van der Waals surface area contributed by atoms with Crippen LogP contribution in [0.4, 0.5) is 0 Å². The maximum Gasteiger partial charge on any atom is 0.472 e. The molecule has 0 aliphatic rings. The fourth-order valence-corrected chi connectivity index (χ4v) is 13.8. The van der Waals surface area contributed by atoms with Crippen molar-refractivity contribution >= 4 is 39.5 Å². The highest BCUT2D eigenvalue weighted by molar-refractivity contribution is 7.47. The van der Waals surface area contributed by atoms with Crippen molar-refractivity contribution in [1.82, 2.24) is 0 Å². The monoisotopic (exact) mass is 1450 g/mol. The largest absolute Gasteiger partial charge is 0.472 e. The average Bonchev–Trinajstić information content (AvgIpc) is 1.02. The Kier molecular flexibility index (Phi) is 67.8. The number of aliphatic hydroxyl groups is 1. The third-order valence-corrected chi connectivity index (χ3v) is 20.8. The number of aliphatic hydroxyl groups excluding tert-OH is 1. The first-order chi connectivity index (χ1) is 47.6. The molecule has 0 aliphatic heterocycles. The molecule has 0 spiro atoms. The van der Waals surface area contributed by atoms with E-state index in [1.54, 1.807) is 0 Å². The number of unbranched alkanes of at least 4 members (excludes halogenated alkanes) is 42. The van der Waals surface area contributed by atoms with Gasteiger partial charge < -0.3 is 33.8 Å². The summed E-state index contributed by atoms with van der Waals surface area (Å²) in [5.41, 5.74) is 0. The maximum absolute atomic E-state index is 13.1. The predicted octanol–water partition coefficient (Wildman–Crippen LogP) is 23.6. The summed E-state index contributed by atoms with van der Waals surface area (Å²) < 4.78 is 68.7. The molecule has 0 aromatic heterocycles. The van der Waals surface area contributed by atoms with Crippen LogP contribution in [0.15, 0.2) is 0 Å². The zero-order valence-corrected chi connectivity index (χ0v) is 66.9. The van der Waals surface area contributed by atoms with Crippen LogP contribution in [0.5, 0.6) is 0 Å². The Hall–Kier alpha value is -1.94. The van der Waals surface area contributed by atoms with Gasteiger partial charge in [0.1, 0.15) is 19.3 Å². The number of hydrogen-bond donors (Lipinski definition) is 3. The van der Waals surface area contributed by atoms with Crippen LogP contribution in [0.25, 0.3) is 0 Å². The van der Waals surface area contributed by atoms with Gasteiger partial charge in [-0.25, -0.2) is 9.13 Å². The fraction of sp³-hybridized carbons (Fsp3) is 0.950. The zero-order chi connectivity index (χ0) is 73.1. The maximum atomic E-state index is 13.1. The molecule has 0 fully saturated rings. The highest BCUT2D eigenvalue weighted by atomic mass is 31.2. The van der Waals surface area contributed by atoms with Crippen molar-refractivity contribution < 1.29 is 80.2 Å². The van der Waals surface area contributed by atoms with Crippen molar-refractivity contribution in [3.63, 3.8) is 0 Å². The van der Waals surface area contributed by atoms with E-state index in [0.717, 1.165) is 114 Å². The number of carbonyl (C=O) groups is 4. The summed E-state index contributed by atoms with van der Waals surface area (Å²) in [7, 11) is -9.92. The summed E-state index contributed by atoms with van der Waals surface area (Å²) in [5.74, 6) is 1.000. The van der Waals surface area contributed by atoms with E-state index in [1.165, 1.54) is 205 Å². The van der Waals surface area contributed by atoms with Crippen molar-refractivity contribution in [2.75, 3.05) is 39.6 Å².